The Morgan fingerprint density at radius 1 is 1.28 bits per heavy atom. The predicted octanol–water partition coefficient (Wildman–Crippen LogP) is 4.56. The molecule has 1 atom stereocenters. The zero-order valence-corrected chi connectivity index (χ0v) is 16.3. The summed E-state index contributed by atoms with van der Waals surface area (Å²) >= 11 is 9.33. The van der Waals surface area contributed by atoms with E-state index in [0.29, 0.717) is 16.4 Å². The van der Waals surface area contributed by atoms with Gasteiger partial charge in [0.05, 0.1) is 17.1 Å². The van der Waals surface area contributed by atoms with E-state index in [1.807, 2.05) is 60.8 Å². The number of benzene rings is 1. The van der Waals surface area contributed by atoms with Gasteiger partial charge in [-0.2, -0.15) is 0 Å². The van der Waals surface area contributed by atoms with Gasteiger partial charge < -0.3 is 10.2 Å². The highest BCUT2D eigenvalue weighted by Gasteiger charge is 2.19. The number of halogens is 1. The fourth-order valence-electron chi connectivity index (χ4n) is 2.49. The first-order valence-corrected chi connectivity index (χ1v) is 9.82. The third-order valence-electron chi connectivity index (χ3n) is 3.80. The number of amides is 1. The zero-order chi connectivity index (χ0) is 17.8. The molecule has 1 aromatic carbocycles. The van der Waals surface area contributed by atoms with Gasteiger partial charge in [0, 0.05) is 11.6 Å². The van der Waals surface area contributed by atoms with Gasteiger partial charge in [-0.05, 0) is 37.2 Å². The average molecular weight is 392 g/mol. The smallest absolute Gasteiger partial charge is 0.263 e. The Hall–Kier alpha value is -1.73. The van der Waals surface area contributed by atoms with E-state index in [1.54, 1.807) is 17.5 Å². The molecule has 0 aliphatic rings. The lowest BCUT2D eigenvalue weighted by Crippen LogP contribution is -2.34. The highest BCUT2D eigenvalue weighted by Crippen LogP contribution is 2.29. The van der Waals surface area contributed by atoms with Crippen LogP contribution in [0.4, 0.5) is 0 Å². The van der Waals surface area contributed by atoms with Gasteiger partial charge in [0.1, 0.15) is 9.88 Å². The van der Waals surface area contributed by atoms with Gasteiger partial charge in [0.25, 0.3) is 5.91 Å². The Balaban J connectivity index is 1.69. The number of likely N-dealkylation sites (N-methyl/N-ethyl adjacent to an activating group) is 1. The molecule has 3 aromatic rings. The van der Waals surface area contributed by atoms with E-state index in [2.05, 4.69) is 10.3 Å². The Bertz CT molecular complexity index is 846. The van der Waals surface area contributed by atoms with Gasteiger partial charge in [-0.1, -0.05) is 35.9 Å². The van der Waals surface area contributed by atoms with Crippen molar-refractivity contribution in [2.45, 2.75) is 6.04 Å². The summed E-state index contributed by atoms with van der Waals surface area (Å²) in [7, 11) is 3.95. The Morgan fingerprint density at radius 2 is 2.08 bits per heavy atom. The molecule has 25 heavy (non-hydrogen) atoms. The van der Waals surface area contributed by atoms with Crippen LogP contribution in [-0.2, 0) is 0 Å². The van der Waals surface area contributed by atoms with Crippen LogP contribution in [0, 0.1) is 0 Å². The van der Waals surface area contributed by atoms with Crippen LogP contribution in [0.15, 0.2) is 48.0 Å². The molecule has 1 amide bonds. The normalized spacial score (nSPS) is 12.3. The number of hydrogen-bond acceptors (Lipinski definition) is 5. The third kappa shape index (κ3) is 4.27. The summed E-state index contributed by atoms with van der Waals surface area (Å²) in [5.41, 5.74) is 0.998. The molecule has 7 heteroatoms. The number of nitrogens with zero attached hydrogens (tertiary/aromatic N) is 2. The first-order valence-electron chi connectivity index (χ1n) is 7.75. The average Bonchev–Trinajstić information content (AvgIpc) is 3.27. The summed E-state index contributed by atoms with van der Waals surface area (Å²) < 4.78 is 0. The molecular formula is C18H18ClN3OS2. The van der Waals surface area contributed by atoms with E-state index >= 15 is 0 Å². The Kier molecular flexibility index (Phi) is 5.86. The minimum atomic E-state index is -0.112. The van der Waals surface area contributed by atoms with Crippen LogP contribution < -0.4 is 5.32 Å². The fourth-order valence-corrected chi connectivity index (χ4v) is 4.38. The third-order valence-corrected chi connectivity index (χ3v) is 6.18. The van der Waals surface area contributed by atoms with Crippen molar-refractivity contribution in [2.24, 2.45) is 0 Å². The van der Waals surface area contributed by atoms with Gasteiger partial charge in [-0.3, -0.25) is 4.79 Å². The second kappa shape index (κ2) is 8.10. The quantitative estimate of drug-likeness (QED) is 0.670. The van der Waals surface area contributed by atoms with Crippen LogP contribution in [0.3, 0.4) is 0 Å². The van der Waals surface area contributed by atoms with Gasteiger partial charge in [-0.25, -0.2) is 4.98 Å². The predicted molar refractivity (Wildman–Crippen MR) is 106 cm³/mol. The minimum Gasteiger partial charge on any atom is -0.349 e. The fraction of sp³-hybridized carbons (Fsp3) is 0.222. The maximum absolute atomic E-state index is 12.5. The second-order valence-electron chi connectivity index (χ2n) is 5.72. The molecule has 0 fully saturated rings. The molecule has 3 rings (SSSR count). The number of aromatic nitrogens is 1. The molecule has 0 spiro atoms. The highest BCUT2D eigenvalue weighted by atomic mass is 35.5. The standard InChI is InChI=1S/C18H18ClN3OS2/c1-22(2)14(12-6-3-4-7-13(12)19)10-20-17(23)16-11-21-18(25-16)15-8-5-9-24-15/h3-9,11,14H,10H2,1-2H3,(H,20,23). The van der Waals surface area contributed by atoms with E-state index in [9.17, 15) is 4.79 Å². The zero-order valence-electron chi connectivity index (χ0n) is 13.9. The van der Waals surface area contributed by atoms with Crippen molar-refractivity contribution in [1.82, 2.24) is 15.2 Å². The lowest BCUT2D eigenvalue weighted by molar-refractivity contribution is 0.0946. The van der Waals surface area contributed by atoms with Crippen LogP contribution in [0.5, 0.6) is 0 Å². The monoisotopic (exact) mass is 391 g/mol. The molecule has 0 aliphatic heterocycles. The van der Waals surface area contributed by atoms with Crippen LogP contribution in [0.1, 0.15) is 21.3 Å². The van der Waals surface area contributed by atoms with Gasteiger partial charge in [0.2, 0.25) is 0 Å². The van der Waals surface area contributed by atoms with Crippen LogP contribution in [0.2, 0.25) is 5.02 Å². The highest BCUT2D eigenvalue weighted by molar-refractivity contribution is 7.21. The van der Waals surface area contributed by atoms with Crippen molar-refractivity contribution in [2.75, 3.05) is 20.6 Å². The lowest BCUT2D eigenvalue weighted by Gasteiger charge is -2.25. The van der Waals surface area contributed by atoms with E-state index in [0.717, 1.165) is 15.4 Å². The maximum Gasteiger partial charge on any atom is 0.263 e. The SMILES string of the molecule is CN(C)C(CNC(=O)c1cnc(-c2cccs2)s1)c1ccccc1Cl. The molecule has 0 bridgehead atoms. The second-order valence-corrected chi connectivity index (χ2v) is 8.10. The molecule has 0 saturated carbocycles. The van der Waals surface area contributed by atoms with E-state index in [-0.39, 0.29) is 11.9 Å². The number of thiophene rings is 1. The van der Waals surface area contributed by atoms with Gasteiger partial charge in [-0.15, -0.1) is 22.7 Å². The number of rotatable bonds is 6. The maximum atomic E-state index is 12.5. The van der Waals surface area contributed by atoms with Crippen molar-refractivity contribution >= 4 is 40.2 Å². The number of nitrogens with one attached hydrogen (secondary N) is 1. The molecule has 1 unspecified atom stereocenters. The van der Waals surface area contributed by atoms with Gasteiger partial charge in [0.15, 0.2) is 0 Å². The van der Waals surface area contributed by atoms with Crippen molar-refractivity contribution in [1.29, 1.82) is 0 Å². The summed E-state index contributed by atoms with van der Waals surface area (Å²) in [5.74, 6) is -0.112. The Labute approximate surface area is 160 Å². The number of thiazole rings is 1. The lowest BCUT2D eigenvalue weighted by atomic mass is 10.1. The topological polar surface area (TPSA) is 45.2 Å². The largest absolute Gasteiger partial charge is 0.349 e. The molecule has 2 aromatic heterocycles. The summed E-state index contributed by atoms with van der Waals surface area (Å²) in [5, 5.41) is 6.57. The van der Waals surface area contributed by atoms with Crippen LogP contribution >= 0.6 is 34.3 Å². The minimum absolute atomic E-state index is 0.00216. The summed E-state index contributed by atoms with van der Waals surface area (Å²) in [4.78, 5) is 20.6. The molecule has 1 N–H and O–H groups in total. The van der Waals surface area contributed by atoms with E-state index in [1.165, 1.54) is 11.3 Å². The van der Waals surface area contributed by atoms with Crippen LogP contribution in [0.25, 0.3) is 9.88 Å². The molecular weight excluding hydrogens is 374 g/mol. The van der Waals surface area contributed by atoms with Crippen molar-refractivity contribution < 1.29 is 4.79 Å². The molecule has 4 nitrogen and oxygen atoms in total. The number of carbonyl (C=O) groups excluding carboxylic acids is 1. The molecule has 2 heterocycles. The van der Waals surface area contributed by atoms with Gasteiger partial charge >= 0.3 is 0 Å². The van der Waals surface area contributed by atoms with E-state index < -0.39 is 0 Å². The van der Waals surface area contributed by atoms with E-state index in [4.69, 9.17) is 11.6 Å². The molecule has 130 valence electrons. The molecule has 0 saturated heterocycles. The van der Waals surface area contributed by atoms with Crippen molar-refractivity contribution in [3.63, 3.8) is 0 Å². The molecule has 0 aliphatic carbocycles. The number of hydrogen-bond donors (Lipinski definition) is 1. The van der Waals surface area contributed by atoms with Crippen LogP contribution in [-0.4, -0.2) is 36.4 Å². The first kappa shape index (κ1) is 18.1. The first-order chi connectivity index (χ1) is 12.1. The summed E-state index contributed by atoms with van der Waals surface area (Å²) in [6, 6.07) is 11.7. The Morgan fingerprint density at radius 3 is 2.76 bits per heavy atom. The van der Waals surface area contributed by atoms with Crippen molar-refractivity contribution in [3.05, 3.63) is 63.4 Å². The summed E-state index contributed by atoms with van der Waals surface area (Å²) in [6.45, 7) is 0.474. The number of carbonyl (C=O) groups is 1. The molecule has 0 radical (unpaired) electrons. The summed E-state index contributed by atoms with van der Waals surface area (Å²) in [6.07, 6.45) is 1.63. The van der Waals surface area contributed by atoms with Crippen molar-refractivity contribution in [3.8, 4) is 9.88 Å².